The lowest BCUT2D eigenvalue weighted by Crippen LogP contribution is -2.46. The highest BCUT2D eigenvalue weighted by Gasteiger charge is 2.45. The lowest BCUT2D eigenvalue weighted by atomic mass is 9.83. The summed E-state index contributed by atoms with van der Waals surface area (Å²) in [5.41, 5.74) is 0.688. The summed E-state index contributed by atoms with van der Waals surface area (Å²) in [5, 5.41) is 3.02. The van der Waals surface area contributed by atoms with Gasteiger partial charge in [-0.15, -0.1) is 0 Å². The van der Waals surface area contributed by atoms with Gasteiger partial charge in [-0.1, -0.05) is 30.5 Å². The van der Waals surface area contributed by atoms with Gasteiger partial charge in [-0.25, -0.2) is 4.39 Å². The lowest BCUT2D eigenvalue weighted by Gasteiger charge is -2.35. The SMILES string of the molecule is CC(NC1CCCCC1C(F)(F)F)c1ccc(F)c(Cl)c1. The molecule has 0 heterocycles. The molecule has 1 aromatic rings. The molecule has 3 atom stereocenters. The van der Waals surface area contributed by atoms with Crippen molar-refractivity contribution in [2.24, 2.45) is 5.92 Å². The first-order chi connectivity index (χ1) is 9.79. The zero-order chi connectivity index (χ0) is 15.6. The van der Waals surface area contributed by atoms with Gasteiger partial charge in [0.1, 0.15) is 5.82 Å². The third-order valence-electron chi connectivity index (χ3n) is 4.09. The molecule has 0 aromatic heterocycles. The van der Waals surface area contributed by atoms with E-state index in [4.69, 9.17) is 11.6 Å². The Morgan fingerprint density at radius 1 is 1.24 bits per heavy atom. The van der Waals surface area contributed by atoms with Crippen LogP contribution in [0.25, 0.3) is 0 Å². The summed E-state index contributed by atoms with van der Waals surface area (Å²) in [6.07, 6.45) is -2.11. The first-order valence-electron chi connectivity index (χ1n) is 7.06. The van der Waals surface area contributed by atoms with Gasteiger partial charge in [0.15, 0.2) is 0 Å². The molecule has 1 nitrogen and oxygen atoms in total. The third-order valence-corrected chi connectivity index (χ3v) is 4.38. The van der Waals surface area contributed by atoms with Crippen LogP contribution in [-0.4, -0.2) is 12.2 Å². The minimum atomic E-state index is -4.18. The summed E-state index contributed by atoms with van der Waals surface area (Å²) in [4.78, 5) is 0. The van der Waals surface area contributed by atoms with Crippen molar-refractivity contribution >= 4 is 11.6 Å². The van der Waals surface area contributed by atoms with Gasteiger partial charge in [-0.3, -0.25) is 0 Å². The average molecular weight is 324 g/mol. The molecule has 0 saturated heterocycles. The standard InChI is InChI=1S/C15H18ClF4N/c1-9(10-6-7-13(17)12(16)8-10)21-14-5-3-2-4-11(14)15(18,19)20/h6-9,11,14,21H,2-5H2,1H3. The number of alkyl halides is 3. The number of rotatable bonds is 3. The largest absolute Gasteiger partial charge is 0.393 e. The van der Waals surface area contributed by atoms with Crippen molar-refractivity contribution in [3.05, 3.63) is 34.6 Å². The highest BCUT2D eigenvalue weighted by Crippen LogP contribution is 2.38. The van der Waals surface area contributed by atoms with Crippen LogP contribution in [0.3, 0.4) is 0 Å². The molecular weight excluding hydrogens is 306 g/mol. The molecule has 3 unspecified atom stereocenters. The molecule has 1 aliphatic rings. The normalized spacial score (nSPS) is 24.9. The lowest BCUT2D eigenvalue weighted by molar-refractivity contribution is -0.189. The van der Waals surface area contributed by atoms with Crippen LogP contribution in [0, 0.1) is 11.7 Å². The van der Waals surface area contributed by atoms with Crippen LogP contribution in [0.1, 0.15) is 44.2 Å². The molecule has 0 bridgehead atoms. The molecule has 2 rings (SSSR count). The minimum Gasteiger partial charge on any atom is -0.307 e. The van der Waals surface area contributed by atoms with Gasteiger partial charge in [0.05, 0.1) is 10.9 Å². The molecule has 6 heteroatoms. The van der Waals surface area contributed by atoms with Gasteiger partial charge in [0.25, 0.3) is 0 Å². The highest BCUT2D eigenvalue weighted by molar-refractivity contribution is 6.30. The molecule has 0 radical (unpaired) electrons. The van der Waals surface area contributed by atoms with Gasteiger partial charge in [-0.2, -0.15) is 13.2 Å². The highest BCUT2D eigenvalue weighted by atomic mass is 35.5. The fraction of sp³-hybridized carbons (Fsp3) is 0.600. The molecule has 21 heavy (non-hydrogen) atoms. The molecule has 1 saturated carbocycles. The molecule has 0 spiro atoms. The van der Waals surface area contributed by atoms with E-state index in [-0.39, 0.29) is 17.5 Å². The van der Waals surface area contributed by atoms with E-state index >= 15 is 0 Å². The number of hydrogen-bond acceptors (Lipinski definition) is 1. The molecular formula is C15H18ClF4N. The average Bonchev–Trinajstić information content (AvgIpc) is 2.41. The van der Waals surface area contributed by atoms with Crippen LogP contribution < -0.4 is 5.32 Å². The summed E-state index contributed by atoms with van der Waals surface area (Å²) < 4.78 is 52.3. The van der Waals surface area contributed by atoms with Crippen LogP contribution in [0.4, 0.5) is 17.6 Å². The maximum Gasteiger partial charge on any atom is 0.393 e. The van der Waals surface area contributed by atoms with Gasteiger partial charge in [0, 0.05) is 12.1 Å². The number of halogens is 5. The van der Waals surface area contributed by atoms with Crippen molar-refractivity contribution in [2.45, 2.75) is 50.9 Å². The van der Waals surface area contributed by atoms with Crippen LogP contribution >= 0.6 is 11.6 Å². The van der Waals surface area contributed by atoms with Crippen LogP contribution in [0.15, 0.2) is 18.2 Å². The summed E-state index contributed by atoms with van der Waals surface area (Å²) in [6.45, 7) is 1.77. The Labute approximate surface area is 126 Å². The summed E-state index contributed by atoms with van der Waals surface area (Å²) in [5.74, 6) is -1.84. The zero-order valence-corrected chi connectivity index (χ0v) is 12.4. The predicted octanol–water partition coefficient (Wildman–Crippen LogP) is 5.25. The Kier molecular flexibility index (Phi) is 5.15. The monoisotopic (exact) mass is 323 g/mol. The molecule has 1 fully saturated rings. The number of hydrogen-bond donors (Lipinski definition) is 1. The Morgan fingerprint density at radius 2 is 1.90 bits per heavy atom. The third kappa shape index (κ3) is 4.10. The quantitative estimate of drug-likeness (QED) is 0.749. The van der Waals surface area contributed by atoms with Crippen LogP contribution in [0.2, 0.25) is 5.02 Å². The van der Waals surface area contributed by atoms with Crippen LogP contribution in [-0.2, 0) is 0 Å². The second-order valence-electron chi connectivity index (χ2n) is 5.60. The second kappa shape index (κ2) is 6.53. The molecule has 118 valence electrons. The van der Waals surface area contributed by atoms with E-state index in [1.54, 1.807) is 13.0 Å². The Hall–Kier alpha value is -0.810. The van der Waals surface area contributed by atoms with Gasteiger partial charge >= 0.3 is 6.18 Å². The van der Waals surface area contributed by atoms with Gasteiger partial charge in [0.2, 0.25) is 0 Å². The van der Waals surface area contributed by atoms with E-state index in [0.717, 1.165) is 6.42 Å². The van der Waals surface area contributed by atoms with E-state index in [9.17, 15) is 17.6 Å². The van der Waals surface area contributed by atoms with Crippen molar-refractivity contribution in [2.75, 3.05) is 0 Å². The Balaban J connectivity index is 2.09. The van der Waals surface area contributed by atoms with E-state index in [2.05, 4.69) is 5.32 Å². The van der Waals surface area contributed by atoms with E-state index in [0.29, 0.717) is 18.4 Å². The Morgan fingerprint density at radius 3 is 2.52 bits per heavy atom. The van der Waals surface area contributed by atoms with E-state index in [1.807, 2.05) is 0 Å². The maximum atomic E-state index is 13.1. The van der Waals surface area contributed by atoms with Gasteiger partial charge < -0.3 is 5.32 Å². The molecule has 1 N–H and O–H groups in total. The number of benzene rings is 1. The molecule has 1 aliphatic carbocycles. The maximum absolute atomic E-state index is 13.1. The van der Waals surface area contributed by atoms with Crippen molar-refractivity contribution in [1.29, 1.82) is 0 Å². The van der Waals surface area contributed by atoms with Crippen LogP contribution in [0.5, 0.6) is 0 Å². The molecule has 0 aliphatic heterocycles. The predicted molar refractivity (Wildman–Crippen MR) is 74.8 cm³/mol. The topological polar surface area (TPSA) is 12.0 Å². The van der Waals surface area contributed by atoms with Crippen molar-refractivity contribution in [3.63, 3.8) is 0 Å². The minimum absolute atomic E-state index is 0.0165. The zero-order valence-electron chi connectivity index (χ0n) is 11.7. The fourth-order valence-corrected chi connectivity index (χ4v) is 3.11. The second-order valence-corrected chi connectivity index (χ2v) is 6.01. The summed E-state index contributed by atoms with van der Waals surface area (Å²) in [7, 11) is 0. The first-order valence-corrected chi connectivity index (χ1v) is 7.44. The number of nitrogens with one attached hydrogen (secondary N) is 1. The van der Waals surface area contributed by atoms with E-state index in [1.165, 1.54) is 12.1 Å². The first kappa shape index (κ1) is 16.6. The smallest absolute Gasteiger partial charge is 0.307 e. The van der Waals surface area contributed by atoms with Crippen molar-refractivity contribution in [1.82, 2.24) is 5.32 Å². The Bertz CT molecular complexity index is 489. The summed E-state index contributed by atoms with van der Waals surface area (Å²) in [6, 6.07) is 3.33. The summed E-state index contributed by atoms with van der Waals surface area (Å²) >= 11 is 5.72. The molecule has 0 amide bonds. The van der Waals surface area contributed by atoms with E-state index < -0.39 is 24.0 Å². The molecule has 1 aromatic carbocycles. The van der Waals surface area contributed by atoms with Gasteiger partial charge in [-0.05, 0) is 37.5 Å². The van der Waals surface area contributed by atoms with Crippen molar-refractivity contribution in [3.8, 4) is 0 Å². The van der Waals surface area contributed by atoms with Crippen molar-refractivity contribution < 1.29 is 17.6 Å². The fourth-order valence-electron chi connectivity index (χ4n) is 2.92.